The van der Waals surface area contributed by atoms with Crippen LogP contribution < -0.4 is 5.32 Å². The van der Waals surface area contributed by atoms with Crippen LogP contribution in [0, 0.1) is 17.2 Å². The number of likely N-dealkylation sites (tertiary alicyclic amines) is 1. The van der Waals surface area contributed by atoms with Crippen LogP contribution in [-0.2, 0) is 0 Å². The van der Waals surface area contributed by atoms with Crippen LogP contribution in [0.1, 0.15) is 42.6 Å². The minimum atomic E-state index is -0.185. The molecule has 0 atom stereocenters. The van der Waals surface area contributed by atoms with E-state index in [2.05, 4.69) is 21.4 Å². The summed E-state index contributed by atoms with van der Waals surface area (Å²) >= 11 is 1.56. The largest absolute Gasteiger partial charge is 0.355 e. The van der Waals surface area contributed by atoms with Crippen molar-refractivity contribution >= 4 is 17.2 Å². The SMILES string of the molecule is N#CC1CCN(CCCCCNC(=O)c2cc(-c3cccs3)on2)CC1. The minimum absolute atomic E-state index is 0.185. The van der Waals surface area contributed by atoms with E-state index in [9.17, 15) is 4.79 Å². The van der Waals surface area contributed by atoms with Gasteiger partial charge in [0.2, 0.25) is 0 Å². The molecule has 3 rings (SSSR count). The van der Waals surface area contributed by atoms with Crippen molar-refractivity contribution in [3.63, 3.8) is 0 Å². The number of nitriles is 1. The fourth-order valence-electron chi connectivity index (χ4n) is 3.13. The number of carbonyl (C=O) groups excluding carboxylic acids is 1. The third-order valence-electron chi connectivity index (χ3n) is 4.71. The number of nitrogens with one attached hydrogen (secondary N) is 1. The quantitative estimate of drug-likeness (QED) is 0.717. The van der Waals surface area contributed by atoms with Gasteiger partial charge in [0.05, 0.1) is 10.9 Å². The Morgan fingerprint density at radius 3 is 2.96 bits per heavy atom. The number of aromatic nitrogens is 1. The lowest BCUT2D eigenvalue weighted by Gasteiger charge is -2.28. The number of hydrogen-bond donors (Lipinski definition) is 1. The van der Waals surface area contributed by atoms with Crippen LogP contribution in [0.4, 0.5) is 0 Å². The van der Waals surface area contributed by atoms with E-state index in [1.54, 1.807) is 17.4 Å². The molecule has 2 aromatic rings. The van der Waals surface area contributed by atoms with Crippen molar-refractivity contribution < 1.29 is 9.32 Å². The summed E-state index contributed by atoms with van der Waals surface area (Å²) in [5.74, 6) is 0.693. The topological polar surface area (TPSA) is 82.2 Å². The summed E-state index contributed by atoms with van der Waals surface area (Å²) in [5.41, 5.74) is 0.328. The number of rotatable bonds is 8. The first-order valence-corrected chi connectivity index (χ1v) is 10.0. The van der Waals surface area contributed by atoms with E-state index in [4.69, 9.17) is 9.78 Å². The van der Waals surface area contributed by atoms with Crippen molar-refractivity contribution in [2.24, 2.45) is 5.92 Å². The fourth-order valence-corrected chi connectivity index (χ4v) is 3.81. The second-order valence-electron chi connectivity index (χ2n) is 6.62. The van der Waals surface area contributed by atoms with E-state index in [0.717, 1.165) is 56.6 Å². The van der Waals surface area contributed by atoms with E-state index in [1.165, 1.54) is 0 Å². The summed E-state index contributed by atoms with van der Waals surface area (Å²) in [6, 6.07) is 7.93. The van der Waals surface area contributed by atoms with Crippen LogP contribution in [0.25, 0.3) is 10.6 Å². The third-order valence-corrected chi connectivity index (χ3v) is 5.60. The first-order valence-electron chi connectivity index (χ1n) is 9.17. The smallest absolute Gasteiger partial charge is 0.273 e. The predicted octanol–water partition coefficient (Wildman–Crippen LogP) is 3.54. The van der Waals surface area contributed by atoms with Gasteiger partial charge >= 0.3 is 0 Å². The fraction of sp³-hybridized carbons (Fsp3) is 0.526. The van der Waals surface area contributed by atoms with Crippen LogP contribution in [-0.4, -0.2) is 42.1 Å². The zero-order chi connectivity index (χ0) is 18.2. The average molecular weight is 372 g/mol. The first kappa shape index (κ1) is 18.6. The highest BCUT2D eigenvalue weighted by atomic mass is 32.1. The van der Waals surface area contributed by atoms with E-state index < -0.39 is 0 Å². The Kier molecular flexibility index (Phi) is 6.81. The Morgan fingerprint density at radius 2 is 2.23 bits per heavy atom. The molecule has 3 heterocycles. The van der Waals surface area contributed by atoms with Gasteiger partial charge in [-0.1, -0.05) is 17.6 Å². The van der Waals surface area contributed by atoms with Crippen LogP contribution in [0.2, 0.25) is 0 Å². The molecule has 1 aliphatic rings. The number of nitrogens with zero attached hydrogens (tertiary/aromatic N) is 3. The monoisotopic (exact) mass is 372 g/mol. The maximum Gasteiger partial charge on any atom is 0.273 e. The molecule has 0 saturated carbocycles. The summed E-state index contributed by atoms with van der Waals surface area (Å²) in [6.45, 7) is 3.80. The molecular weight excluding hydrogens is 348 g/mol. The standard InChI is InChI=1S/C19H24N4O2S/c20-14-15-6-10-23(11-7-15)9-3-1-2-8-21-19(24)16-13-17(25-22-16)18-5-4-12-26-18/h4-5,12-13,15H,1-3,6-11H2,(H,21,24). The lowest BCUT2D eigenvalue weighted by Crippen LogP contribution is -2.34. The zero-order valence-corrected chi connectivity index (χ0v) is 15.6. The van der Waals surface area contributed by atoms with Crippen LogP contribution in [0.3, 0.4) is 0 Å². The van der Waals surface area contributed by atoms with Crippen LogP contribution >= 0.6 is 11.3 Å². The zero-order valence-electron chi connectivity index (χ0n) is 14.8. The molecule has 1 N–H and O–H groups in total. The lowest BCUT2D eigenvalue weighted by molar-refractivity contribution is 0.0944. The van der Waals surface area contributed by atoms with E-state index in [0.29, 0.717) is 18.0 Å². The van der Waals surface area contributed by atoms with E-state index in [-0.39, 0.29) is 11.8 Å². The summed E-state index contributed by atoms with van der Waals surface area (Å²) in [6.07, 6.45) is 5.16. The predicted molar refractivity (Wildman–Crippen MR) is 101 cm³/mol. The molecule has 0 bridgehead atoms. The van der Waals surface area contributed by atoms with Gasteiger partial charge < -0.3 is 14.7 Å². The van der Waals surface area contributed by atoms with Gasteiger partial charge in [-0.3, -0.25) is 4.79 Å². The lowest BCUT2D eigenvalue weighted by atomic mass is 9.98. The Hall–Kier alpha value is -2.17. The Balaban J connectivity index is 1.28. The number of carbonyl (C=O) groups is 1. The molecule has 0 unspecified atom stereocenters. The first-order chi connectivity index (χ1) is 12.8. The molecule has 0 radical (unpaired) electrons. The third kappa shape index (κ3) is 5.16. The summed E-state index contributed by atoms with van der Waals surface area (Å²) in [7, 11) is 0. The van der Waals surface area contributed by atoms with Crippen molar-refractivity contribution in [2.75, 3.05) is 26.2 Å². The highest BCUT2D eigenvalue weighted by Crippen LogP contribution is 2.25. The van der Waals surface area contributed by atoms with Crippen molar-refractivity contribution in [2.45, 2.75) is 32.1 Å². The molecule has 2 aromatic heterocycles. The van der Waals surface area contributed by atoms with Gasteiger partial charge in [0, 0.05) is 18.5 Å². The average Bonchev–Trinajstić information content (AvgIpc) is 3.36. The number of amides is 1. The van der Waals surface area contributed by atoms with Gasteiger partial charge in [-0.2, -0.15) is 5.26 Å². The number of unbranched alkanes of at least 4 members (excludes halogenated alkanes) is 2. The molecule has 1 saturated heterocycles. The highest BCUT2D eigenvalue weighted by Gasteiger charge is 2.18. The molecule has 1 fully saturated rings. The second-order valence-corrected chi connectivity index (χ2v) is 7.56. The Morgan fingerprint density at radius 1 is 1.38 bits per heavy atom. The summed E-state index contributed by atoms with van der Waals surface area (Å²) in [5, 5.41) is 17.6. The number of piperidine rings is 1. The van der Waals surface area contributed by atoms with E-state index >= 15 is 0 Å². The number of thiophene rings is 1. The molecular formula is C19H24N4O2S. The molecule has 138 valence electrons. The molecule has 1 amide bonds. The van der Waals surface area contributed by atoms with Gasteiger partial charge in [0.25, 0.3) is 5.91 Å². The molecule has 7 heteroatoms. The van der Waals surface area contributed by atoms with Crippen LogP contribution in [0.15, 0.2) is 28.1 Å². The minimum Gasteiger partial charge on any atom is -0.355 e. The summed E-state index contributed by atoms with van der Waals surface area (Å²) in [4.78, 5) is 15.5. The van der Waals surface area contributed by atoms with E-state index in [1.807, 2.05) is 17.5 Å². The maximum absolute atomic E-state index is 12.1. The number of hydrogen-bond acceptors (Lipinski definition) is 6. The molecule has 0 aliphatic carbocycles. The van der Waals surface area contributed by atoms with Crippen molar-refractivity contribution in [1.29, 1.82) is 5.26 Å². The van der Waals surface area contributed by atoms with Gasteiger partial charge in [-0.05, 0) is 56.8 Å². The molecule has 6 nitrogen and oxygen atoms in total. The van der Waals surface area contributed by atoms with Crippen molar-refractivity contribution in [3.8, 4) is 16.7 Å². The van der Waals surface area contributed by atoms with Gasteiger partial charge in [0.1, 0.15) is 0 Å². The highest BCUT2D eigenvalue weighted by molar-refractivity contribution is 7.13. The van der Waals surface area contributed by atoms with Gasteiger partial charge in [-0.25, -0.2) is 0 Å². The van der Waals surface area contributed by atoms with Gasteiger partial charge in [-0.15, -0.1) is 11.3 Å². The van der Waals surface area contributed by atoms with Crippen LogP contribution in [0.5, 0.6) is 0 Å². The normalized spacial score (nSPS) is 15.7. The molecule has 26 heavy (non-hydrogen) atoms. The van der Waals surface area contributed by atoms with Crippen molar-refractivity contribution in [1.82, 2.24) is 15.4 Å². The maximum atomic E-state index is 12.1. The second kappa shape index (κ2) is 9.51. The van der Waals surface area contributed by atoms with Crippen molar-refractivity contribution in [3.05, 3.63) is 29.3 Å². The molecule has 0 aromatic carbocycles. The Labute approximate surface area is 157 Å². The van der Waals surface area contributed by atoms with Gasteiger partial charge in [0.15, 0.2) is 11.5 Å². The molecule has 1 aliphatic heterocycles. The molecule has 0 spiro atoms. The Bertz CT molecular complexity index is 727. The summed E-state index contributed by atoms with van der Waals surface area (Å²) < 4.78 is 5.23.